The number of hydrogen-bond acceptors (Lipinski definition) is 4. The molecule has 4 nitrogen and oxygen atoms in total. The summed E-state index contributed by atoms with van der Waals surface area (Å²) < 4.78 is 1.98. The second kappa shape index (κ2) is 5.98. The summed E-state index contributed by atoms with van der Waals surface area (Å²) in [6.45, 7) is 1.95. The van der Waals surface area contributed by atoms with Gasteiger partial charge in [-0.05, 0) is 51.0 Å². The molecule has 2 aliphatic heterocycles. The number of rotatable bonds is 3. The van der Waals surface area contributed by atoms with Crippen molar-refractivity contribution in [2.75, 3.05) is 6.26 Å². The van der Waals surface area contributed by atoms with Crippen LogP contribution in [0.3, 0.4) is 0 Å². The van der Waals surface area contributed by atoms with Crippen molar-refractivity contribution >= 4 is 29.0 Å². The van der Waals surface area contributed by atoms with Crippen molar-refractivity contribution in [3.63, 3.8) is 0 Å². The average Bonchev–Trinajstić information content (AvgIpc) is 3.25. The molecule has 6 heteroatoms. The van der Waals surface area contributed by atoms with E-state index in [0.717, 1.165) is 46.6 Å². The molecule has 0 radical (unpaired) electrons. The quantitative estimate of drug-likeness (QED) is 0.849. The van der Waals surface area contributed by atoms with E-state index in [0.29, 0.717) is 12.1 Å². The molecule has 0 N–H and O–H groups in total. The Morgan fingerprint density at radius 1 is 1.26 bits per heavy atom. The molecule has 2 aliphatic rings. The summed E-state index contributed by atoms with van der Waals surface area (Å²) in [6.07, 6.45) is 10.8. The second-order valence-corrected chi connectivity index (χ2v) is 8.54. The fourth-order valence-electron chi connectivity index (χ4n) is 3.92. The number of fused-ring (bicyclic) bond motifs is 2. The van der Waals surface area contributed by atoms with Gasteiger partial charge < -0.3 is 9.47 Å². The van der Waals surface area contributed by atoms with Crippen molar-refractivity contribution < 1.29 is 4.79 Å². The van der Waals surface area contributed by atoms with E-state index in [-0.39, 0.29) is 5.91 Å². The summed E-state index contributed by atoms with van der Waals surface area (Å²) in [5.74, 6) is 0.199. The van der Waals surface area contributed by atoms with Gasteiger partial charge in [0.1, 0.15) is 4.88 Å². The molecule has 4 heterocycles. The van der Waals surface area contributed by atoms with Crippen LogP contribution in [0.5, 0.6) is 0 Å². The van der Waals surface area contributed by atoms with Crippen LogP contribution in [0.4, 0.5) is 0 Å². The van der Waals surface area contributed by atoms with E-state index in [2.05, 4.69) is 16.1 Å². The highest BCUT2D eigenvalue weighted by Gasteiger charge is 2.43. The van der Waals surface area contributed by atoms with E-state index < -0.39 is 0 Å². The van der Waals surface area contributed by atoms with Gasteiger partial charge in [0.05, 0.1) is 5.69 Å². The Balaban J connectivity index is 1.61. The Morgan fingerprint density at radius 3 is 2.52 bits per heavy atom. The molecule has 0 aliphatic carbocycles. The number of piperidine rings is 1. The first kappa shape index (κ1) is 15.3. The number of amides is 1. The SMILES string of the molecule is CSC1CC2CCC(C1)N2C(=O)c1sc(-n2cccc2)nc1C. The molecular formula is C17H21N3OS2. The minimum absolute atomic E-state index is 0.199. The van der Waals surface area contributed by atoms with E-state index >= 15 is 0 Å². The largest absolute Gasteiger partial charge is 0.332 e. The van der Waals surface area contributed by atoms with Gasteiger partial charge in [0, 0.05) is 29.7 Å². The normalized spacial score (nSPS) is 26.7. The zero-order chi connectivity index (χ0) is 16.0. The summed E-state index contributed by atoms with van der Waals surface area (Å²) in [6, 6.07) is 4.81. The zero-order valence-electron chi connectivity index (χ0n) is 13.4. The number of thiazole rings is 1. The van der Waals surface area contributed by atoms with Gasteiger partial charge in [0.15, 0.2) is 5.13 Å². The first-order chi connectivity index (χ1) is 11.2. The number of carbonyl (C=O) groups excluding carboxylic acids is 1. The third kappa shape index (κ3) is 2.62. The summed E-state index contributed by atoms with van der Waals surface area (Å²) >= 11 is 3.47. The minimum Gasteiger partial charge on any atom is -0.332 e. The zero-order valence-corrected chi connectivity index (χ0v) is 15.1. The lowest BCUT2D eigenvalue weighted by molar-refractivity contribution is 0.0606. The molecule has 0 spiro atoms. The molecule has 2 atom stereocenters. The molecule has 0 saturated carbocycles. The number of hydrogen-bond donors (Lipinski definition) is 0. The summed E-state index contributed by atoms with van der Waals surface area (Å²) in [5, 5.41) is 1.59. The van der Waals surface area contributed by atoms with Gasteiger partial charge in [-0.15, -0.1) is 0 Å². The van der Waals surface area contributed by atoms with Crippen molar-refractivity contribution in [1.29, 1.82) is 0 Å². The molecule has 23 heavy (non-hydrogen) atoms. The topological polar surface area (TPSA) is 38.1 Å². The third-order valence-corrected chi connectivity index (χ3v) is 7.27. The maximum Gasteiger partial charge on any atom is 0.266 e. The van der Waals surface area contributed by atoms with Crippen LogP contribution in [0.2, 0.25) is 0 Å². The highest BCUT2D eigenvalue weighted by molar-refractivity contribution is 7.99. The lowest BCUT2D eigenvalue weighted by Crippen LogP contribution is -2.47. The van der Waals surface area contributed by atoms with Crippen LogP contribution in [-0.4, -0.2) is 43.9 Å². The maximum atomic E-state index is 13.1. The number of nitrogens with zero attached hydrogens (tertiary/aromatic N) is 3. The standard InChI is InChI=1S/C17H21N3OS2/c1-11-15(23-17(18-11)19-7-3-4-8-19)16(21)20-12-5-6-13(20)10-14(9-12)22-2/h3-4,7-8,12-14H,5-6,9-10H2,1-2H3. The Bertz CT molecular complexity index is 696. The highest BCUT2D eigenvalue weighted by Crippen LogP contribution is 2.41. The van der Waals surface area contributed by atoms with Gasteiger partial charge in [-0.25, -0.2) is 4.98 Å². The number of thioether (sulfide) groups is 1. The Labute approximate surface area is 144 Å². The Hall–Kier alpha value is -1.27. The molecular weight excluding hydrogens is 326 g/mol. The minimum atomic E-state index is 0.199. The molecule has 122 valence electrons. The van der Waals surface area contributed by atoms with E-state index in [4.69, 9.17) is 0 Å². The van der Waals surface area contributed by atoms with Crippen molar-refractivity contribution in [3.8, 4) is 5.13 Å². The van der Waals surface area contributed by atoms with Crippen LogP contribution in [-0.2, 0) is 0 Å². The van der Waals surface area contributed by atoms with Crippen molar-refractivity contribution in [1.82, 2.24) is 14.5 Å². The summed E-state index contributed by atoms with van der Waals surface area (Å²) in [7, 11) is 0. The smallest absolute Gasteiger partial charge is 0.266 e. The van der Waals surface area contributed by atoms with E-state index in [1.165, 1.54) is 11.3 Å². The molecule has 1 amide bonds. The van der Waals surface area contributed by atoms with Crippen LogP contribution in [0, 0.1) is 6.92 Å². The lowest BCUT2D eigenvalue weighted by atomic mass is 10.0. The van der Waals surface area contributed by atoms with Crippen LogP contribution in [0.1, 0.15) is 41.0 Å². The Morgan fingerprint density at radius 2 is 1.91 bits per heavy atom. The predicted molar refractivity (Wildman–Crippen MR) is 95.7 cm³/mol. The average molecular weight is 348 g/mol. The number of carbonyl (C=O) groups is 1. The second-order valence-electron chi connectivity index (χ2n) is 6.43. The molecule has 2 unspecified atom stereocenters. The molecule has 2 fully saturated rings. The summed E-state index contributed by atoms with van der Waals surface area (Å²) in [4.78, 5) is 20.7. The van der Waals surface area contributed by atoms with E-state index in [1.54, 1.807) is 0 Å². The molecule has 2 aromatic heterocycles. The molecule has 4 rings (SSSR count). The van der Waals surface area contributed by atoms with Gasteiger partial charge >= 0.3 is 0 Å². The monoisotopic (exact) mass is 347 g/mol. The first-order valence-electron chi connectivity index (χ1n) is 8.13. The number of aromatic nitrogens is 2. The first-order valence-corrected chi connectivity index (χ1v) is 10.2. The predicted octanol–water partition coefficient (Wildman–Crippen LogP) is 3.74. The maximum absolute atomic E-state index is 13.1. The lowest BCUT2D eigenvalue weighted by Gasteiger charge is -2.38. The molecule has 2 aromatic rings. The van der Waals surface area contributed by atoms with Gasteiger partial charge in [0.2, 0.25) is 0 Å². The fraction of sp³-hybridized carbons (Fsp3) is 0.529. The van der Waals surface area contributed by atoms with Gasteiger partial charge in [0.25, 0.3) is 5.91 Å². The van der Waals surface area contributed by atoms with Gasteiger partial charge in [-0.1, -0.05) is 11.3 Å². The van der Waals surface area contributed by atoms with Gasteiger partial charge in [-0.3, -0.25) is 4.79 Å². The fourth-order valence-corrected chi connectivity index (χ4v) is 5.73. The van der Waals surface area contributed by atoms with Crippen molar-refractivity contribution in [3.05, 3.63) is 35.1 Å². The third-order valence-electron chi connectivity index (χ3n) is 5.06. The van der Waals surface area contributed by atoms with Gasteiger partial charge in [-0.2, -0.15) is 11.8 Å². The molecule has 0 aromatic carbocycles. The summed E-state index contributed by atoms with van der Waals surface area (Å²) in [5.41, 5.74) is 0.857. The van der Waals surface area contributed by atoms with Crippen LogP contribution in [0.15, 0.2) is 24.5 Å². The highest BCUT2D eigenvalue weighted by atomic mass is 32.2. The van der Waals surface area contributed by atoms with Crippen molar-refractivity contribution in [2.24, 2.45) is 0 Å². The molecule has 2 saturated heterocycles. The van der Waals surface area contributed by atoms with E-state index in [1.807, 2.05) is 47.8 Å². The molecule has 2 bridgehead atoms. The Kier molecular flexibility index (Phi) is 3.97. The van der Waals surface area contributed by atoms with Crippen LogP contribution in [0.25, 0.3) is 5.13 Å². The van der Waals surface area contributed by atoms with Crippen LogP contribution < -0.4 is 0 Å². The number of aryl methyl sites for hydroxylation is 1. The van der Waals surface area contributed by atoms with E-state index in [9.17, 15) is 4.79 Å². The van der Waals surface area contributed by atoms with Crippen LogP contribution >= 0.6 is 23.1 Å². The van der Waals surface area contributed by atoms with Crippen molar-refractivity contribution in [2.45, 2.75) is 49.9 Å².